The Bertz CT molecular complexity index is 389. The third-order valence-corrected chi connectivity index (χ3v) is 3.13. The summed E-state index contributed by atoms with van der Waals surface area (Å²) in [5.41, 5.74) is 0.753. The van der Waals surface area contributed by atoms with Crippen LogP contribution in [0.15, 0.2) is 18.3 Å². The van der Waals surface area contributed by atoms with E-state index in [9.17, 15) is 4.79 Å². The molecule has 0 aromatic carbocycles. The van der Waals surface area contributed by atoms with Crippen LogP contribution < -0.4 is 4.90 Å². The van der Waals surface area contributed by atoms with E-state index in [1.807, 2.05) is 6.07 Å². The number of hydrogen-bond donors (Lipinski definition) is 0. The van der Waals surface area contributed by atoms with Crippen LogP contribution in [0.25, 0.3) is 0 Å². The zero-order chi connectivity index (χ0) is 11.5. The predicted octanol–water partition coefficient (Wildman–Crippen LogP) is 2.52. The fourth-order valence-electron chi connectivity index (χ4n) is 2.21. The number of pyridine rings is 1. The molecule has 0 amide bonds. The van der Waals surface area contributed by atoms with Gasteiger partial charge >= 0.3 is 0 Å². The molecular weight excluding hydrogens is 200 g/mol. The molecule has 86 valence electrons. The summed E-state index contributed by atoms with van der Waals surface area (Å²) in [5.74, 6) is 1.77. The molecule has 0 aliphatic carbocycles. The van der Waals surface area contributed by atoms with Gasteiger partial charge in [-0.25, -0.2) is 4.98 Å². The van der Waals surface area contributed by atoms with Crippen molar-refractivity contribution >= 4 is 11.6 Å². The minimum atomic E-state index is 0.105. The Morgan fingerprint density at radius 1 is 1.56 bits per heavy atom. The molecule has 0 bridgehead atoms. The number of rotatable bonds is 2. The quantitative estimate of drug-likeness (QED) is 0.715. The second kappa shape index (κ2) is 4.64. The maximum absolute atomic E-state index is 11.3. The Kier molecular flexibility index (Phi) is 3.22. The Balaban J connectivity index is 2.19. The molecule has 3 heteroatoms. The lowest BCUT2D eigenvalue weighted by atomic mass is 10.0. The molecule has 0 radical (unpaired) electrons. The first kappa shape index (κ1) is 11.1. The molecule has 1 saturated heterocycles. The largest absolute Gasteiger partial charge is 0.356 e. The molecule has 0 saturated carbocycles. The smallest absolute Gasteiger partial charge is 0.159 e. The third kappa shape index (κ3) is 2.40. The van der Waals surface area contributed by atoms with Crippen LogP contribution in [0.1, 0.15) is 37.0 Å². The summed E-state index contributed by atoms with van der Waals surface area (Å²) in [6.07, 6.45) is 4.24. The van der Waals surface area contributed by atoms with Gasteiger partial charge in [-0.3, -0.25) is 4.79 Å². The maximum atomic E-state index is 11.3. The normalized spacial score (nSPS) is 20.9. The highest BCUT2D eigenvalue weighted by molar-refractivity contribution is 5.94. The molecule has 1 aromatic heterocycles. The van der Waals surface area contributed by atoms with Crippen molar-refractivity contribution in [1.82, 2.24) is 4.98 Å². The minimum Gasteiger partial charge on any atom is -0.356 e. The Morgan fingerprint density at radius 2 is 2.38 bits per heavy atom. The monoisotopic (exact) mass is 218 g/mol. The summed E-state index contributed by atoms with van der Waals surface area (Å²) in [4.78, 5) is 17.9. The predicted molar refractivity (Wildman–Crippen MR) is 64.9 cm³/mol. The van der Waals surface area contributed by atoms with E-state index in [4.69, 9.17) is 0 Å². The van der Waals surface area contributed by atoms with Gasteiger partial charge in [0.2, 0.25) is 0 Å². The van der Waals surface area contributed by atoms with Crippen molar-refractivity contribution in [2.45, 2.75) is 26.7 Å². The molecule has 1 aromatic rings. The second-order valence-corrected chi connectivity index (χ2v) is 4.65. The van der Waals surface area contributed by atoms with Crippen LogP contribution >= 0.6 is 0 Å². The molecule has 1 atom stereocenters. The van der Waals surface area contributed by atoms with Crippen LogP contribution in [0.2, 0.25) is 0 Å². The van der Waals surface area contributed by atoms with Crippen LogP contribution in [0.4, 0.5) is 5.82 Å². The van der Waals surface area contributed by atoms with E-state index in [1.54, 1.807) is 19.2 Å². The first-order chi connectivity index (χ1) is 7.66. The van der Waals surface area contributed by atoms with Gasteiger partial charge in [-0.05, 0) is 37.8 Å². The molecular formula is C13H18N2O. The highest BCUT2D eigenvalue weighted by Gasteiger charge is 2.17. The fourth-order valence-corrected chi connectivity index (χ4v) is 2.21. The lowest BCUT2D eigenvalue weighted by molar-refractivity contribution is 0.101. The van der Waals surface area contributed by atoms with Crippen LogP contribution in [0.3, 0.4) is 0 Å². The van der Waals surface area contributed by atoms with Gasteiger partial charge in [0.05, 0.1) is 0 Å². The van der Waals surface area contributed by atoms with Crippen molar-refractivity contribution in [3.63, 3.8) is 0 Å². The average molecular weight is 218 g/mol. The number of piperidine rings is 1. The van der Waals surface area contributed by atoms with Crippen LogP contribution in [0.5, 0.6) is 0 Å². The number of anilines is 1. The van der Waals surface area contributed by atoms with Crippen molar-refractivity contribution in [3.05, 3.63) is 23.9 Å². The van der Waals surface area contributed by atoms with Gasteiger partial charge in [-0.2, -0.15) is 0 Å². The number of aromatic nitrogens is 1. The van der Waals surface area contributed by atoms with E-state index in [0.717, 1.165) is 30.4 Å². The highest BCUT2D eigenvalue weighted by atomic mass is 16.1. The van der Waals surface area contributed by atoms with Crippen molar-refractivity contribution in [1.29, 1.82) is 0 Å². The van der Waals surface area contributed by atoms with E-state index >= 15 is 0 Å². The van der Waals surface area contributed by atoms with E-state index in [1.165, 1.54) is 12.8 Å². The van der Waals surface area contributed by atoms with Crippen molar-refractivity contribution < 1.29 is 4.79 Å². The molecule has 0 N–H and O–H groups in total. The molecule has 2 heterocycles. The van der Waals surface area contributed by atoms with E-state index in [0.29, 0.717) is 0 Å². The van der Waals surface area contributed by atoms with E-state index in [-0.39, 0.29) is 5.78 Å². The van der Waals surface area contributed by atoms with Gasteiger partial charge in [0, 0.05) is 24.8 Å². The van der Waals surface area contributed by atoms with Crippen molar-refractivity contribution in [2.75, 3.05) is 18.0 Å². The van der Waals surface area contributed by atoms with Crippen molar-refractivity contribution in [2.24, 2.45) is 5.92 Å². The standard InChI is InChI=1S/C13H18N2O/c1-10-4-3-7-15(9-10)13-8-12(11(2)16)5-6-14-13/h5-6,8,10H,3-4,7,9H2,1-2H3. The van der Waals surface area contributed by atoms with Crippen molar-refractivity contribution in [3.8, 4) is 0 Å². The summed E-state index contributed by atoms with van der Waals surface area (Å²) in [6.45, 7) is 5.96. The fraction of sp³-hybridized carbons (Fsp3) is 0.538. The SMILES string of the molecule is CC(=O)c1ccnc(N2CCCC(C)C2)c1. The van der Waals surface area contributed by atoms with Gasteiger partial charge in [-0.1, -0.05) is 6.92 Å². The first-order valence-electron chi connectivity index (χ1n) is 5.89. The first-order valence-corrected chi connectivity index (χ1v) is 5.89. The molecule has 16 heavy (non-hydrogen) atoms. The topological polar surface area (TPSA) is 33.2 Å². The number of Topliss-reactive ketones (excluding diaryl/α,β-unsaturated/α-hetero) is 1. The lowest BCUT2D eigenvalue weighted by Gasteiger charge is -2.31. The summed E-state index contributed by atoms with van der Waals surface area (Å²) >= 11 is 0. The zero-order valence-corrected chi connectivity index (χ0v) is 9.94. The lowest BCUT2D eigenvalue weighted by Crippen LogP contribution is -2.34. The Morgan fingerprint density at radius 3 is 3.06 bits per heavy atom. The number of hydrogen-bond acceptors (Lipinski definition) is 3. The Labute approximate surface area is 96.5 Å². The summed E-state index contributed by atoms with van der Waals surface area (Å²) in [6, 6.07) is 3.68. The Hall–Kier alpha value is -1.38. The van der Waals surface area contributed by atoms with Crippen LogP contribution in [0, 0.1) is 5.92 Å². The summed E-state index contributed by atoms with van der Waals surface area (Å²) in [5, 5.41) is 0. The molecule has 2 rings (SSSR count). The van der Waals surface area contributed by atoms with Gasteiger partial charge in [0.15, 0.2) is 5.78 Å². The van der Waals surface area contributed by atoms with Gasteiger partial charge in [-0.15, -0.1) is 0 Å². The number of carbonyl (C=O) groups excluding carboxylic acids is 1. The highest BCUT2D eigenvalue weighted by Crippen LogP contribution is 2.21. The molecule has 1 aliphatic rings. The van der Waals surface area contributed by atoms with Gasteiger partial charge < -0.3 is 4.90 Å². The van der Waals surface area contributed by atoms with E-state index in [2.05, 4.69) is 16.8 Å². The average Bonchev–Trinajstić information content (AvgIpc) is 2.29. The molecule has 1 fully saturated rings. The van der Waals surface area contributed by atoms with Gasteiger partial charge in [0.25, 0.3) is 0 Å². The third-order valence-electron chi connectivity index (χ3n) is 3.13. The van der Waals surface area contributed by atoms with E-state index < -0.39 is 0 Å². The van der Waals surface area contributed by atoms with Gasteiger partial charge in [0.1, 0.15) is 5.82 Å². The molecule has 0 spiro atoms. The molecule has 1 aliphatic heterocycles. The van der Waals surface area contributed by atoms with Crippen LogP contribution in [-0.2, 0) is 0 Å². The zero-order valence-electron chi connectivity index (χ0n) is 9.94. The molecule has 3 nitrogen and oxygen atoms in total. The number of ketones is 1. The number of carbonyl (C=O) groups is 1. The second-order valence-electron chi connectivity index (χ2n) is 4.65. The minimum absolute atomic E-state index is 0.105. The molecule has 1 unspecified atom stereocenters. The summed E-state index contributed by atoms with van der Waals surface area (Å²) in [7, 11) is 0. The van der Waals surface area contributed by atoms with Crippen LogP contribution in [-0.4, -0.2) is 23.9 Å². The summed E-state index contributed by atoms with van der Waals surface area (Å²) < 4.78 is 0. The number of nitrogens with zero attached hydrogens (tertiary/aromatic N) is 2. The maximum Gasteiger partial charge on any atom is 0.159 e.